The third kappa shape index (κ3) is 3.73. The second kappa shape index (κ2) is 6.76. The van der Waals surface area contributed by atoms with Gasteiger partial charge in [0.05, 0.1) is 12.3 Å². The molecule has 0 saturated heterocycles. The van der Waals surface area contributed by atoms with Crippen LogP contribution in [0.4, 0.5) is 0 Å². The second-order valence-electron chi connectivity index (χ2n) is 5.07. The monoisotopic (exact) mass is 282 g/mol. The fourth-order valence-electron chi connectivity index (χ4n) is 2.21. The molecule has 1 atom stereocenters. The number of carbonyl (C=O) groups is 1. The van der Waals surface area contributed by atoms with Crippen molar-refractivity contribution in [2.75, 3.05) is 7.05 Å². The summed E-state index contributed by atoms with van der Waals surface area (Å²) in [4.78, 5) is 14.0. The van der Waals surface area contributed by atoms with Gasteiger partial charge in [-0.2, -0.15) is 5.26 Å². The molecule has 108 valence electrons. The van der Waals surface area contributed by atoms with Gasteiger partial charge in [0.1, 0.15) is 11.7 Å². The molecule has 1 aromatic carbocycles. The number of furan rings is 1. The number of aryl methyl sites for hydroxylation is 1. The van der Waals surface area contributed by atoms with Crippen molar-refractivity contribution in [2.24, 2.45) is 5.92 Å². The Hall–Kier alpha value is -2.54. The van der Waals surface area contributed by atoms with Crippen molar-refractivity contribution in [3.63, 3.8) is 0 Å². The van der Waals surface area contributed by atoms with Crippen LogP contribution in [0.1, 0.15) is 16.9 Å². The molecule has 21 heavy (non-hydrogen) atoms. The van der Waals surface area contributed by atoms with E-state index in [-0.39, 0.29) is 5.91 Å². The van der Waals surface area contributed by atoms with Gasteiger partial charge in [-0.15, -0.1) is 0 Å². The molecule has 0 radical (unpaired) electrons. The maximum atomic E-state index is 12.4. The highest BCUT2D eigenvalue weighted by molar-refractivity contribution is 5.81. The van der Waals surface area contributed by atoms with Crippen molar-refractivity contribution in [2.45, 2.75) is 19.9 Å². The van der Waals surface area contributed by atoms with E-state index >= 15 is 0 Å². The van der Waals surface area contributed by atoms with E-state index in [1.54, 1.807) is 18.2 Å². The third-order valence-electron chi connectivity index (χ3n) is 3.49. The predicted octanol–water partition coefficient (Wildman–Crippen LogP) is 2.93. The first-order valence-electron chi connectivity index (χ1n) is 6.83. The highest BCUT2D eigenvalue weighted by Crippen LogP contribution is 2.15. The van der Waals surface area contributed by atoms with Crippen LogP contribution in [0.3, 0.4) is 0 Å². The van der Waals surface area contributed by atoms with E-state index in [1.165, 1.54) is 0 Å². The summed E-state index contributed by atoms with van der Waals surface area (Å²) < 4.78 is 5.22. The zero-order chi connectivity index (χ0) is 15.2. The van der Waals surface area contributed by atoms with E-state index in [0.717, 1.165) is 16.9 Å². The van der Waals surface area contributed by atoms with Gasteiger partial charge in [0, 0.05) is 19.2 Å². The minimum Gasteiger partial charge on any atom is -0.469 e. The van der Waals surface area contributed by atoms with Crippen LogP contribution in [0.2, 0.25) is 0 Å². The zero-order valence-electron chi connectivity index (χ0n) is 12.2. The lowest BCUT2D eigenvalue weighted by atomic mass is 9.99. The highest BCUT2D eigenvalue weighted by atomic mass is 16.3. The summed E-state index contributed by atoms with van der Waals surface area (Å²) in [5, 5.41) is 9.27. The maximum Gasteiger partial charge on any atom is 0.240 e. The molecule has 2 rings (SSSR count). The molecule has 2 aromatic rings. The van der Waals surface area contributed by atoms with Gasteiger partial charge >= 0.3 is 0 Å². The molecule has 0 aliphatic heterocycles. The standard InChI is InChI=1S/C17H18N2O2/c1-13-15(8-9-21-13)12-19(2)17(20)16(11-18)10-14-6-4-3-5-7-14/h3-9,16H,10,12H2,1-2H3. The molecule has 0 aliphatic rings. The van der Waals surface area contributed by atoms with Crippen molar-refractivity contribution in [3.8, 4) is 6.07 Å². The summed E-state index contributed by atoms with van der Waals surface area (Å²) >= 11 is 0. The van der Waals surface area contributed by atoms with Gasteiger partial charge in [0.15, 0.2) is 0 Å². The summed E-state index contributed by atoms with van der Waals surface area (Å²) in [5.74, 6) is -0.0298. The Bertz CT molecular complexity index is 640. The maximum absolute atomic E-state index is 12.4. The number of hydrogen-bond donors (Lipinski definition) is 0. The van der Waals surface area contributed by atoms with E-state index in [0.29, 0.717) is 13.0 Å². The van der Waals surface area contributed by atoms with Crippen LogP contribution >= 0.6 is 0 Å². The summed E-state index contributed by atoms with van der Waals surface area (Å²) in [6.45, 7) is 2.31. The first-order chi connectivity index (χ1) is 10.1. The number of nitrogens with zero attached hydrogens (tertiary/aromatic N) is 2. The highest BCUT2D eigenvalue weighted by Gasteiger charge is 2.22. The quantitative estimate of drug-likeness (QED) is 0.847. The summed E-state index contributed by atoms with van der Waals surface area (Å²) in [6.07, 6.45) is 2.04. The Balaban J connectivity index is 2.03. The Kier molecular flexibility index (Phi) is 4.78. The molecule has 1 heterocycles. The number of hydrogen-bond acceptors (Lipinski definition) is 3. The predicted molar refractivity (Wildman–Crippen MR) is 79.2 cm³/mol. The molecule has 1 amide bonds. The zero-order valence-corrected chi connectivity index (χ0v) is 12.2. The van der Waals surface area contributed by atoms with Gasteiger partial charge in [-0.1, -0.05) is 30.3 Å². The van der Waals surface area contributed by atoms with Crippen molar-refractivity contribution < 1.29 is 9.21 Å². The Morgan fingerprint density at radius 1 is 1.33 bits per heavy atom. The van der Waals surface area contributed by atoms with Crippen molar-refractivity contribution >= 4 is 5.91 Å². The van der Waals surface area contributed by atoms with Crippen molar-refractivity contribution in [1.82, 2.24) is 4.90 Å². The average molecular weight is 282 g/mol. The van der Waals surface area contributed by atoms with Gasteiger partial charge < -0.3 is 9.32 Å². The third-order valence-corrected chi connectivity index (χ3v) is 3.49. The molecular formula is C17H18N2O2. The van der Waals surface area contributed by atoms with Crippen LogP contribution in [-0.4, -0.2) is 17.9 Å². The lowest BCUT2D eigenvalue weighted by molar-refractivity contribution is -0.132. The number of benzene rings is 1. The normalized spacial score (nSPS) is 11.7. The molecule has 0 saturated carbocycles. The molecule has 4 heteroatoms. The van der Waals surface area contributed by atoms with Gasteiger partial charge in [0.2, 0.25) is 5.91 Å². The van der Waals surface area contributed by atoms with E-state index in [9.17, 15) is 10.1 Å². The van der Waals surface area contributed by atoms with Crippen LogP contribution in [0.25, 0.3) is 0 Å². The first kappa shape index (κ1) is 14.9. The molecule has 0 bridgehead atoms. The second-order valence-corrected chi connectivity index (χ2v) is 5.07. The lowest BCUT2D eigenvalue weighted by Gasteiger charge is -2.20. The molecule has 4 nitrogen and oxygen atoms in total. The van der Waals surface area contributed by atoms with Gasteiger partial charge in [-0.25, -0.2) is 0 Å². The number of amides is 1. The van der Waals surface area contributed by atoms with Gasteiger partial charge in [-0.3, -0.25) is 4.79 Å². The van der Waals surface area contributed by atoms with Crippen molar-refractivity contribution in [3.05, 3.63) is 59.5 Å². The van der Waals surface area contributed by atoms with E-state index in [4.69, 9.17) is 4.42 Å². The van der Waals surface area contributed by atoms with E-state index in [2.05, 4.69) is 6.07 Å². The first-order valence-corrected chi connectivity index (χ1v) is 6.83. The Morgan fingerprint density at radius 3 is 2.62 bits per heavy atom. The van der Waals surface area contributed by atoms with Gasteiger partial charge in [0.25, 0.3) is 0 Å². The molecule has 1 aromatic heterocycles. The minimum atomic E-state index is -0.662. The van der Waals surface area contributed by atoms with Crippen LogP contribution in [0.5, 0.6) is 0 Å². The van der Waals surface area contributed by atoms with Crippen LogP contribution in [0, 0.1) is 24.2 Å². The SMILES string of the molecule is Cc1occc1CN(C)C(=O)C(C#N)Cc1ccccc1. The topological polar surface area (TPSA) is 57.2 Å². The van der Waals surface area contributed by atoms with Crippen LogP contribution in [0.15, 0.2) is 47.1 Å². The van der Waals surface area contributed by atoms with E-state index in [1.807, 2.05) is 43.3 Å². The molecule has 1 unspecified atom stereocenters. The fraction of sp³-hybridized carbons (Fsp3) is 0.294. The number of rotatable bonds is 5. The van der Waals surface area contributed by atoms with Gasteiger partial charge in [-0.05, 0) is 25.0 Å². The largest absolute Gasteiger partial charge is 0.469 e. The molecule has 0 aliphatic carbocycles. The molecule has 0 spiro atoms. The van der Waals surface area contributed by atoms with Crippen LogP contribution < -0.4 is 0 Å². The van der Waals surface area contributed by atoms with Crippen LogP contribution in [-0.2, 0) is 17.8 Å². The molecule has 0 N–H and O–H groups in total. The summed E-state index contributed by atoms with van der Waals surface area (Å²) in [5.41, 5.74) is 1.95. The molecular weight excluding hydrogens is 264 g/mol. The number of carbonyl (C=O) groups excluding carboxylic acids is 1. The minimum absolute atomic E-state index is 0.165. The lowest BCUT2D eigenvalue weighted by Crippen LogP contribution is -2.33. The Labute approximate surface area is 124 Å². The number of nitriles is 1. The average Bonchev–Trinajstić information content (AvgIpc) is 2.90. The fourth-order valence-corrected chi connectivity index (χ4v) is 2.21. The summed E-state index contributed by atoms with van der Waals surface area (Å²) in [7, 11) is 1.71. The smallest absolute Gasteiger partial charge is 0.240 e. The summed E-state index contributed by atoms with van der Waals surface area (Å²) in [6, 6.07) is 13.5. The Morgan fingerprint density at radius 2 is 2.05 bits per heavy atom. The van der Waals surface area contributed by atoms with E-state index < -0.39 is 5.92 Å². The van der Waals surface area contributed by atoms with Crippen molar-refractivity contribution in [1.29, 1.82) is 5.26 Å². The molecule has 0 fully saturated rings.